The Bertz CT molecular complexity index is 1590. The first-order valence-corrected chi connectivity index (χ1v) is 17.1. The van der Waals surface area contributed by atoms with Gasteiger partial charge in [0.15, 0.2) is 29.7 Å². The van der Waals surface area contributed by atoms with Crippen LogP contribution < -0.4 is 14.8 Å². The molecular weight excluding hydrogens is 703 g/mol. The van der Waals surface area contributed by atoms with Gasteiger partial charge in [-0.2, -0.15) is 0 Å². The van der Waals surface area contributed by atoms with Crippen LogP contribution in [0.5, 0.6) is 11.5 Å². The highest BCUT2D eigenvalue weighted by molar-refractivity contribution is 14.1. The molecule has 1 amide bonds. The average Bonchev–Trinajstić information content (AvgIpc) is 2.92. The van der Waals surface area contributed by atoms with Crippen molar-refractivity contribution in [1.82, 2.24) is 4.90 Å². The molecule has 0 atom stereocenters. The number of carbonyl (C=O) groups is 3. The fourth-order valence-corrected chi connectivity index (χ4v) is 7.89. The van der Waals surface area contributed by atoms with E-state index < -0.39 is 5.92 Å². The van der Waals surface area contributed by atoms with Gasteiger partial charge in [-0.25, -0.2) is 0 Å². The number of Topliss-reactive ketones (excluding diaryl/α,β-unsaturated/α-hetero) is 2. The third-order valence-corrected chi connectivity index (χ3v) is 10.0. The molecular formula is C36H42ClIN2O5. The molecule has 1 heterocycles. The standard InChI is InChI=1S/C36H42ClIN2O5/c1-8-40-25-15-35(4,5)17-27(41)32(25)31(33-26(40)16-36(6,7)18-28(33)42)21-12-24(38)34(29(13-21)44-9-2)45-19-30(43)39-22-11-10-20(3)23(37)14-22/h10-14,31H,8-9,15-19H2,1-7H3,(H,39,43). The fourth-order valence-electron chi connectivity index (χ4n) is 6.93. The number of hydrogen-bond acceptors (Lipinski definition) is 6. The number of carbonyl (C=O) groups excluding carboxylic acids is 3. The summed E-state index contributed by atoms with van der Waals surface area (Å²) in [6.45, 7) is 15.3. The lowest BCUT2D eigenvalue weighted by Crippen LogP contribution is -2.44. The zero-order valence-corrected chi connectivity index (χ0v) is 30.1. The summed E-state index contributed by atoms with van der Waals surface area (Å²) >= 11 is 8.41. The number of ether oxygens (including phenoxy) is 2. The third-order valence-electron chi connectivity index (χ3n) is 8.81. The van der Waals surface area contributed by atoms with Crippen molar-refractivity contribution >= 4 is 57.4 Å². The van der Waals surface area contributed by atoms with E-state index >= 15 is 0 Å². The lowest BCUT2D eigenvalue weighted by molar-refractivity contribution is -0.120. The highest BCUT2D eigenvalue weighted by atomic mass is 127. The predicted molar refractivity (Wildman–Crippen MR) is 186 cm³/mol. The molecule has 0 spiro atoms. The van der Waals surface area contributed by atoms with Crippen LogP contribution in [0, 0.1) is 21.3 Å². The summed E-state index contributed by atoms with van der Waals surface area (Å²) in [7, 11) is 0. The topological polar surface area (TPSA) is 84.9 Å². The average molecular weight is 745 g/mol. The van der Waals surface area contributed by atoms with E-state index in [-0.39, 0.29) is 34.9 Å². The predicted octanol–water partition coefficient (Wildman–Crippen LogP) is 8.37. The van der Waals surface area contributed by atoms with Crippen LogP contribution in [0.1, 0.15) is 84.3 Å². The number of rotatable bonds is 8. The molecule has 0 aromatic heterocycles. The number of halogens is 2. The second-order valence-corrected chi connectivity index (χ2v) is 15.4. The Kier molecular flexibility index (Phi) is 9.49. The Hall–Kier alpha value is -2.85. The molecule has 0 fully saturated rings. The van der Waals surface area contributed by atoms with Crippen LogP contribution in [-0.4, -0.2) is 42.1 Å². The Morgan fingerprint density at radius 3 is 2.09 bits per heavy atom. The van der Waals surface area contributed by atoms with Crippen LogP contribution >= 0.6 is 34.2 Å². The Morgan fingerprint density at radius 1 is 0.956 bits per heavy atom. The molecule has 240 valence electrons. The highest BCUT2D eigenvalue weighted by Gasteiger charge is 2.48. The Balaban J connectivity index is 1.55. The molecule has 3 aliphatic rings. The van der Waals surface area contributed by atoms with Crippen LogP contribution in [0.25, 0.3) is 0 Å². The van der Waals surface area contributed by atoms with Crippen molar-refractivity contribution in [3.63, 3.8) is 0 Å². The Labute approximate surface area is 284 Å². The third kappa shape index (κ3) is 6.82. The van der Waals surface area contributed by atoms with Crippen LogP contribution in [-0.2, 0) is 14.4 Å². The second kappa shape index (κ2) is 12.7. The number of nitrogens with zero attached hydrogens (tertiary/aromatic N) is 1. The number of ketones is 2. The number of anilines is 1. The fraction of sp³-hybridized carbons (Fsp3) is 0.472. The van der Waals surface area contributed by atoms with Gasteiger partial charge < -0.3 is 19.7 Å². The molecule has 0 saturated carbocycles. The van der Waals surface area contributed by atoms with E-state index in [2.05, 4.69) is 67.4 Å². The molecule has 5 rings (SSSR count). The molecule has 0 radical (unpaired) electrons. The summed E-state index contributed by atoms with van der Waals surface area (Å²) in [5, 5.41) is 3.39. The van der Waals surface area contributed by atoms with Crippen LogP contribution in [0.15, 0.2) is 52.9 Å². The lowest BCUT2D eigenvalue weighted by atomic mass is 9.63. The van der Waals surface area contributed by atoms with Gasteiger partial charge in [-0.3, -0.25) is 14.4 Å². The van der Waals surface area contributed by atoms with E-state index in [1.807, 2.05) is 32.0 Å². The Morgan fingerprint density at radius 2 is 1.56 bits per heavy atom. The van der Waals surface area contributed by atoms with Gasteiger partial charge in [-0.1, -0.05) is 45.4 Å². The zero-order chi connectivity index (χ0) is 32.8. The summed E-state index contributed by atoms with van der Waals surface area (Å²) in [4.78, 5) is 43.1. The van der Waals surface area contributed by atoms with E-state index in [1.54, 1.807) is 12.1 Å². The summed E-state index contributed by atoms with van der Waals surface area (Å²) in [6, 6.07) is 9.20. The van der Waals surface area contributed by atoms with E-state index in [9.17, 15) is 14.4 Å². The molecule has 7 nitrogen and oxygen atoms in total. The van der Waals surface area contributed by atoms with Gasteiger partial charge in [0.2, 0.25) is 0 Å². The molecule has 0 bridgehead atoms. The molecule has 1 aliphatic heterocycles. The molecule has 0 saturated heterocycles. The summed E-state index contributed by atoms with van der Waals surface area (Å²) in [6.07, 6.45) is 2.39. The zero-order valence-electron chi connectivity index (χ0n) is 27.2. The van der Waals surface area contributed by atoms with E-state index in [4.69, 9.17) is 21.1 Å². The highest BCUT2D eigenvalue weighted by Crippen LogP contribution is 2.55. The van der Waals surface area contributed by atoms with Crippen LogP contribution in [0.3, 0.4) is 0 Å². The normalized spacial score (nSPS) is 19.4. The molecule has 2 aromatic carbocycles. The molecule has 0 unspecified atom stereocenters. The number of amides is 1. The van der Waals surface area contributed by atoms with Crippen LogP contribution in [0.2, 0.25) is 5.02 Å². The number of aryl methyl sites for hydroxylation is 1. The van der Waals surface area contributed by atoms with Gasteiger partial charge >= 0.3 is 0 Å². The molecule has 2 aromatic rings. The lowest BCUT2D eigenvalue weighted by Gasteiger charge is -2.49. The van der Waals surface area contributed by atoms with Crippen molar-refractivity contribution in [2.24, 2.45) is 10.8 Å². The SMILES string of the molecule is CCOc1cc(C2C3=C(CC(C)(C)CC3=O)N(CC)C3=C2C(=O)CC(C)(C)C3)cc(I)c1OCC(=O)Nc1ccc(C)c(Cl)c1. The van der Waals surface area contributed by atoms with Crippen molar-refractivity contribution in [3.05, 3.63) is 72.6 Å². The minimum atomic E-state index is -0.485. The molecule has 9 heteroatoms. The maximum absolute atomic E-state index is 14.0. The molecule has 45 heavy (non-hydrogen) atoms. The van der Waals surface area contributed by atoms with Crippen molar-refractivity contribution in [2.75, 3.05) is 25.1 Å². The van der Waals surface area contributed by atoms with Crippen molar-refractivity contribution in [1.29, 1.82) is 0 Å². The molecule has 2 aliphatic carbocycles. The first-order valence-electron chi connectivity index (χ1n) is 15.6. The van der Waals surface area contributed by atoms with E-state index in [1.165, 1.54) is 0 Å². The largest absolute Gasteiger partial charge is 0.490 e. The van der Waals surface area contributed by atoms with Gasteiger partial charge in [0.1, 0.15) is 0 Å². The van der Waals surface area contributed by atoms with Gasteiger partial charge in [-0.05, 0) is 102 Å². The first kappa shape index (κ1) is 33.5. The van der Waals surface area contributed by atoms with Gasteiger partial charge in [-0.15, -0.1) is 0 Å². The minimum absolute atomic E-state index is 0.0926. The quantitative estimate of drug-likeness (QED) is 0.274. The number of hydrogen-bond donors (Lipinski definition) is 1. The smallest absolute Gasteiger partial charge is 0.262 e. The van der Waals surface area contributed by atoms with Crippen LogP contribution in [0.4, 0.5) is 5.69 Å². The second-order valence-electron chi connectivity index (χ2n) is 13.8. The summed E-state index contributed by atoms with van der Waals surface area (Å²) in [5.41, 5.74) is 5.51. The van der Waals surface area contributed by atoms with Gasteiger partial charge in [0.25, 0.3) is 5.91 Å². The minimum Gasteiger partial charge on any atom is -0.490 e. The maximum Gasteiger partial charge on any atom is 0.262 e. The number of allylic oxidation sites excluding steroid dienone is 4. The van der Waals surface area contributed by atoms with Crippen molar-refractivity contribution in [3.8, 4) is 11.5 Å². The summed E-state index contributed by atoms with van der Waals surface area (Å²) in [5.74, 6) is 0.283. The van der Waals surface area contributed by atoms with Gasteiger partial charge in [0, 0.05) is 58.6 Å². The van der Waals surface area contributed by atoms with Crippen molar-refractivity contribution < 1.29 is 23.9 Å². The number of nitrogens with one attached hydrogen (secondary N) is 1. The number of benzene rings is 2. The summed E-state index contributed by atoms with van der Waals surface area (Å²) < 4.78 is 12.9. The van der Waals surface area contributed by atoms with Crippen molar-refractivity contribution in [2.45, 2.75) is 80.1 Å². The molecule has 1 N–H and O–H groups in total. The first-order chi connectivity index (χ1) is 21.1. The van der Waals surface area contributed by atoms with E-state index in [0.29, 0.717) is 48.2 Å². The maximum atomic E-state index is 14.0. The monoisotopic (exact) mass is 744 g/mol. The van der Waals surface area contributed by atoms with Gasteiger partial charge in [0.05, 0.1) is 10.2 Å². The van der Waals surface area contributed by atoms with E-state index in [0.717, 1.165) is 50.1 Å².